The zero-order valence-corrected chi connectivity index (χ0v) is 10.2. The highest BCUT2D eigenvalue weighted by atomic mass is 19.3. The Morgan fingerprint density at radius 2 is 2.17 bits per heavy atom. The zero-order chi connectivity index (χ0) is 13.7. The van der Waals surface area contributed by atoms with Crippen molar-refractivity contribution in [2.24, 2.45) is 5.73 Å². The Balaban J connectivity index is 2.98. The van der Waals surface area contributed by atoms with E-state index in [0.29, 0.717) is 11.3 Å². The van der Waals surface area contributed by atoms with Gasteiger partial charge in [-0.05, 0) is 30.7 Å². The first-order chi connectivity index (χ1) is 8.45. The second-order valence-electron chi connectivity index (χ2n) is 3.97. The van der Waals surface area contributed by atoms with Crippen LogP contribution in [0, 0.1) is 12.3 Å². The van der Waals surface area contributed by atoms with Gasteiger partial charge in [0.05, 0.1) is 13.2 Å². The molecule has 0 saturated carbocycles. The van der Waals surface area contributed by atoms with Crippen molar-refractivity contribution in [1.29, 1.82) is 5.41 Å². The minimum absolute atomic E-state index is 0.0541. The molecule has 1 aromatic carbocycles. The van der Waals surface area contributed by atoms with Crippen LogP contribution in [0.2, 0.25) is 0 Å². The molecule has 0 spiro atoms. The summed E-state index contributed by atoms with van der Waals surface area (Å²) in [6.45, 7) is 1.28. The first kappa shape index (κ1) is 14.4. The maximum atomic E-state index is 12.4. The maximum Gasteiger partial charge on any atom is 0.255 e. The van der Waals surface area contributed by atoms with Crippen LogP contribution in [0.1, 0.15) is 11.1 Å². The van der Waals surface area contributed by atoms with Gasteiger partial charge in [0.1, 0.15) is 5.84 Å². The van der Waals surface area contributed by atoms with Crippen LogP contribution >= 0.6 is 0 Å². The van der Waals surface area contributed by atoms with Gasteiger partial charge in [0.25, 0.3) is 6.43 Å². The molecule has 0 aromatic heterocycles. The summed E-state index contributed by atoms with van der Waals surface area (Å²) in [5, 5.41) is 16.2. The second-order valence-corrected chi connectivity index (χ2v) is 3.97. The molecular formula is C12H17F2N3O. The lowest BCUT2D eigenvalue weighted by Gasteiger charge is -2.24. The van der Waals surface area contributed by atoms with Crippen LogP contribution in [0.25, 0.3) is 0 Å². The molecule has 0 bridgehead atoms. The third kappa shape index (κ3) is 3.66. The van der Waals surface area contributed by atoms with Crippen LogP contribution in [0.5, 0.6) is 0 Å². The Morgan fingerprint density at radius 1 is 1.50 bits per heavy atom. The molecule has 100 valence electrons. The van der Waals surface area contributed by atoms with Crippen LogP contribution in [0.15, 0.2) is 18.2 Å². The normalized spacial score (nSPS) is 10.7. The smallest absolute Gasteiger partial charge is 0.255 e. The summed E-state index contributed by atoms with van der Waals surface area (Å²) in [6.07, 6.45) is -2.47. The highest BCUT2D eigenvalue weighted by molar-refractivity contribution is 5.96. The number of aliphatic hydroxyl groups is 1. The number of nitrogens with two attached hydrogens (primary N) is 1. The summed E-state index contributed by atoms with van der Waals surface area (Å²) < 4.78 is 24.8. The number of hydrogen-bond donors (Lipinski definition) is 3. The highest BCUT2D eigenvalue weighted by Gasteiger charge is 2.13. The van der Waals surface area contributed by atoms with Crippen molar-refractivity contribution in [2.75, 3.05) is 24.6 Å². The van der Waals surface area contributed by atoms with Gasteiger partial charge < -0.3 is 15.7 Å². The number of alkyl halides is 2. The molecule has 0 aliphatic rings. The molecular weight excluding hydrogens is 240 g/mol. The van der Waals surface area contributed by atoms with Crippen molar-refractivity contribution in [3.8, 4) is 0 Å². The van der Waals surface area contributed by atoms with Gasteiger partial charge in [-0.1, -0.05) is 0 Å². The Morgan fingerprint density at radius 3 is 2.61 bits per heavy atom. The second kappa shape index (κ2) is 6.30. The number of rotatable bonds is 6. The largest absolute Gasteiger partial charge is 0.395 e. The molecule has 0 radical (unpaired) electrons. The number of aliphatic hydroxyl groups excluding tert-OH is 1. The van der Waals surface area contributed by atoms with Crippen LogP contribution in [-0.4, -0.2) is 37.1 Å². The Bertz CT molecular complexity index is 424. The first-order valence-electron chi connectivity index (χ1n) is 5.54. The van der Waals surface area contributed by atoms with E-state index in [1.165, 1.54) is 4.90 Å². The predicted octanol–water partition coefficient (Wildman–Crippen LogP) is 1.34. The maximum absolute atomic E-state index is 12.4. The molecule has 0 aliphatic heterocycles. The third-order valence-electron chi connectivity index (χ3n) is 2.59. The summed E-state index contributed by atoms with van der Waals surface area (Å²) in [4.78, 5) is 1.40. The molecule has 4 N–H and O–H groups in total. The Hall–Kier alpha value is -1.69. The van der Waals surface area contributed by atoms with E-state index in [-0.39, 0.29) is 19.0 Å². The molecule has 0 aliphatic carbocycles. The quantitative estimate of drug-likeness (QED) is 0.532. The number of nitrogens with one attached hydrogen (secondary N) is 1. The van der Waals surface area contributed by atoms with Crippen molar-refractivity contribution in [3.05, 3.63) is 29.3 Å². The number of halogens is 2. The fraction of sp³-hybridized carbons (Fsp3) is 0.417. The summed E-state index contributed by atoms with van der Waals surface area (Å²) in [7, 11) is 0. The van der Waals surface area contributed by atoms with Crippen LogP contribution in [0.4, 0.5) is 14.5 Å². The number of anilines is 1. The van der Waals surface area contributed by atoms with Crippen LogP contribution in [-0.2, 0) is 0 Å². The molecule has 0 heterocycles. The molecule has 0 amide bonds. The average molecular weight is 257 g/mol. The van der Waals surface area contributed by atoms with Gasteiger partial charge in [-0.3, -0.25) is 5.41 Å². The fourth-order valence-corrected chi connectivity index (χ4v) is 1.76. The lowest BCUT2D eigenvalue weighted by molar-refractivity contribution is 0.153. The van der Waals surface area contributed by atoms with Crippen molar-refractivity contribution in [2.45, 2.75) is 13.3 Å². The minimum Gasteiger partial charge on any atom is -0.395 e. The lowest BCUT2D eigenvalue weighted by Crippen LogP contribution is -2.31. The first-order valence-corrected chi connectivity index (χ1v) is 5.54. The summed E-state index contributed by atoms with van der Waals surface area (Å²) >= 11 is 0. The SMILES string of the molecule is Cc1cc(N(CCO)CC(F)F)ccc1C(=N)N. The Labute approximate surface area is 105 Å². The van der Waals surface area contributed by atoms with E-state index >= 15 is 0 Å². The number of nitrogen functional groups attached to an aromatic ring is 1. The van der Waals surface area contributed by atoms with Crippen LogP contribution in [0.3, 0.4) is 0 Å². The zero-order valence-electron chi connectivity index (χ0n) is 10.2. The molecule has 18 heavy (non-hydrogen) atoms. The van der Waals surface area contributed by atoms with Gasteiger partial charge in [-0.2, -0.15) is 0 Å². The summed E-state index contributed by atoms with van der Waals surface area (Å²) in [5.41, 5.74) is 7.31. The van der Waals surface area contributed by atoms with Crippen LogP contribution < -0.4 is 10.6 Å². The van der Waals surface area contributed by atoms with Crippen molar-refractivity contribution in [1.82, 2.24) is 0 Å². The number of hydrogen-bond acceptors (Lipinski definition) is 3. The third-order valence-corrected chi connectivity index (χ3v) is 2.59. The molecule has 1 rings (SSSR count). The van der Waals surface area contributed by atoms with Gasteiger partial charge >= 0.3 is 0 Å². The average Bonchev–Trinajstić information content (AvgIpc) is 2.27. The van der Waals surface area contributed by atoms with E-state index in [9.17, 15) is 8.78 Å². The summed E-state index contributed by atoms with van der Waals surface area (Å²) in [6, 6.07) is 4.94. The van der Waals surface area contributed by atoms with Crippen molar-refractivity contribution in [3.63, 3.8) is 0 Å². The van der Waals surface area contributed by atoms with Gasteiger partial charge in [0.15, 0.2) is 0 Å². The van der Waals surface area contributed by atoms with E-state index in [2.05, 4.69) is 0 Å². The van der Waals surface area contributed by atoms with E-state index < -0.39 is 13.0 Å². The van der Waals surface area contributed by atoms with Gasteiger partial charge in [-0.15, -0.1) is 0 Å². The molecule has 6 heteroatoms. The molecule has 0 saturated heterocycles. The van der Waals surface area contributed by atoms with E-state index in [4.69, 9.17) is 16.2 Å². The fourth-order valence-electron chi connectivity index (χ4n) is 1.76. The number of aryl methyl sites for hydroxylation is 1. The number of amidine groups is 1. The number of benzene rings is 1. The van der Waals surface area contributed by atoms with Gasteiger partial charge in [0.2, 0.25) is 0 Å². The molecule has 4 nitrogen and oxygen atoms in total. The van der Waals surface area contributed by atoms with E-state index in [0.717, 1.165) is 5.56 Å². The van der Waals surface area contributed by atoms with E-state index in [1.807, 2.05) is 0 Å². The van der Waals surface area contributed by atoms with Crippen molar-refractivity contribution < 1.29 is 13.9 Å². The minimum atomic E-state index is -2.47. The highest BCUT2D eigenvalue weighted by Crippen LogP contribution is 2.19. The topological polar surface area (TPSA) is 73.3 Å². The standard InChI is InChI=1S/C12H17F2N3O/c1-8-6-9(2-3-10(8)12(15)16)17(4-5-18)7-11(13)14/h2-3,6,11,18H,4-5,7H2,1H3,(H3,15,16). The summed E-state index contributed by atoms with van der Waals surface area (Å²) in [5.74, 6) is -0.0541. The van der Waals surface area contributed by atoms with Crippen molar-refractivity contribution >= 4 is 11.5 Å². The lowest BCUT2D eigenvalue weighted by atomic mass is 10.1. The monoisotopic (exact) mass is 257 g/mol. The predicted molar refractivity (Wildman–Crippen MR) is 67.5 cm³/mol. The van der Waals surface area contributed by atoms with Gasteiger partial charge in [0, 0.05) is 17.8 Å². The van der Waals surface area contributed by atoms with E-state index in [1.54, 1.807) is 25.1 Å². The molecule has 1 aromatic rings. The van der Waals surface area contributed by atoms with Gasteiger partial charge in [-0.25, -0.2) is 8.78 Å². The molecule has 0 unspecified atom stereocenters. The Kier molecular flexibility index (Phi) is 5.03. The molecule has 0 atom stereocenters. The number of nitrogens with zero attached hydrogens (tertiary/aromatic N) is 1. The molecule has 0 fully saturated rings.